The maximum absolute atomic E-state index is 4.05. The summed E-state index contributed by atoms with van der Waals surface area (Å²) in [6.07, 6.45) is 3.45. The van der Waals surface area contributed by atoms with Crippen LogP contribution >= 0.6 is 0 Å². The van der Waals surface area contributed by atoms with E-state index in [1.54, 1.807) is 12.4 Å². The van der Waals surface area contributed by atoms with Gasteiger partial charge in [-0.15, -0.1) is 0 Å². The van der Waals surface area contributed by atoms with Crippen LogP contribution in [0.15, 0.2) is 18.3 Å². The van der Waals surface area contributed by atoms with Gasteiger partial charge in [0.2, 0.25) is 0 Å². The van der Waals surface area contributed by atoms with Crippen molar-refractivity contribution in [3.05, 3.63) is 24.0 Å². The van der Waals surface area contributed by atoms with Crippen LogP contribution in [0.5, 0.6) is 0 Å². The lowest BCUT2D eigenvalue weighted by Crippen LogP contribution is -1.92. The lowest BCUT2D eigenvalue weighted by Gasteiger charge is -1.85. The zero-order valence-electron chi connectivity index (χ0n) is 4.70. The highest BCUT2D eigenvalue weighted by Gasteiger charge is 2.13. The summed E-state index contributed by atoms with van der Waals surface area (Å²) in [6.45, 7) is 0. The van der Waals surface area contributed by atoms with Crippen LogP contribution in [0, 0.1) is 0 Å². The summed E-state index contributed by atoms with van der Waals surface area (Å²) >= 11 is 0. The zero-order valence-corrected chi connectivity index (χ0v) is 4.70. The lowest BCUT2D eigenvalue weighted by atomic mass is 10.3. The molecule has 1 aliphatic rings. The molecular weight excluding hydrogens is 114 g/mol. The quantitative estimate of drug-likeness (QED) is 0.529. The van der Waals surface area contributed by atoms with Crippen molar-refractivity contribution in [3.63, 3.8) is 0 Å². The Hall–Kier alpha value is -1.38. The fraction of sp³-hybridized carbons (Fsp3) is 0. The van der Waals surface area contributed by atoms with Gasteiger partial charge in [-0.05, 0) is 12.1 Å². The van der Waals surface area contributed by atoms with Crippen LogP contribution in [-0.2, 0) is 0 Å². The van der Waals surface area contributed by atoms with E-state index in [0.717, 1.165) is 11.4 Å². The molecule has 0 unspecified atom stereocenters. The number of nitrogens with one attached hydrogen (secondary N) is 1. The second-order valence-electron chi connectivity index (χ2n) is 1.81. The third-order valence-corrected chi connectivity index (χ3v) is 1.21. The number of hydrogen-bond donors (Lipinski definition) is 1. The average Bonchev–Trinajstić information content (AvgIpc) is 2.33. The van der Waals surface area contributed by atoms with E-state index in [1.807, 2.05) is 12.1 Å². The number of anilines is 1. The first-order chi connectivity index (χ1) is 4.47. The second kappa shape index (κ2) is 1.55. The van der Waals surface area contributed by atoms with E-state index < -0.39 is 0 Å². The summed E-state index contributed by atoms with van der Waals surface area (Å²) in [5.74, 6) is 0. The Morgan fingerprint density at radius 2 is 2.56 bits per heavy atom. The van der Waals surface area contributed by atoms with E-state index >= 15 is 0 Å². The molecule has 2 heterocycles. The zero-order chi connectivity index (χ0) is 6.10. The number of aromatic nitrogens is 1. The molecule has 0 atom stereocenters. The van der Waals surface area contributed by atoms with Gasteiger partial charge in [0, 0.05) is 6.20 Å². The monoisotopic (exact) mass is 119 g/mol. The molecule has 0 spiro atoms. The van der Waals surface area contributed by atoms with E-state index in [0.29, 0.717) is 0 Å². The summed E-state index contributed by atoms with van der Waals surface area (Å²) in [5.41, 5.74) is 4.71. The first-order valence-corrected chi connectivity index (χ1v) is 2.71. The Balaban J connectivity index is 2.63. The van der Waals surface area contributed by atoms with Crippen molar-refractivity contribution in [2.75, 3.05) is 5.43 Å². The smallest absolute Gasteiger partial charge is 0.248 e. The molecular formula is C6H5N3+. The fourth-order valence-corrected chi connectivity index (χ4v) is 0.778. The van der Waals surface area contributed by atoms with E-state index in [-0.39, 0.29) is 0 Å². The minimum absolute atomic E-state index is 0.914. The molecule has 0 amide bonds. The molecule has 0 aromatic carbocycles. The van der Waals surface area contributed by atoms with Crippen LogP contribution < -0.4 is 10.5 Å². The molecule has 0 bridgehead atoms. The Labute approximate surface area is 52.4 Å². The molecule has 0 fully saturated rings. The number of nitrogens with zero attached hydrogens (tertiary/aromatic N) is 2. The fourth-order valence-electron chi connectivity index (χ4n) is 0.778. The first-order valence-electron chi connectivity index (χ1n) is 2.71. The summed E-state index contributed by atoms with van der Waals surface area (Å²) in [6, 6.07) is 3.82. The van der Waals surface area contributed by atoms with E-state index in [2.05, 4.69) is 15.5 Å². The lowest BCUT2D eigenvalue weighted by molar-refractivity contribution is 1.24. The van der Waals surface area contributed by atoms with Crippen molar-refractivity contribution >= 4 is 11.9 Å². The molecule has 2 rings (SSSR count). The molecule has 1 aliphatic heterocycles. The average molecular weight is 119 g/mol. The predicted molar refractivity (Wildman–Crippen MR) is 35.2 cm³/mol. The van der Waals surface area contributed by atoms with Gasteiger partial charge in [0.1, 0.15) is 5.69 Å². The van der Waals surface area contributed by atoms with Crippen molar-refractivity contribution in [1.82, 2.24) is 10.1 Å². The molecule has 1 aromatic rings. The van der Waals surface area contributed by atoms with Gasteiger partial charge in [0.25, 0.3) is 0 Å². The Morgan fingerprint density at radius 3 is 3.44 bits per heavy atom. The molecule has 1 radical (unpaired) electrons. The number of rotatable bonds is 0. The summed E-state index contributed by atoms with van der Waals surface area (Å²) in [4.78, 5) is 4.05. The number of hydrazone groups is 1. The van der Waals surface area contributed by atoms with E-state index in [9.17, 15) is 0 Å². The topological polar surface area (TPSA) is 39.0 Å². The molecule has 1 N–H and O–H groups in total. The van der Waals surface area contributed by atoms with Gasteiger partial charge in [-0.2, -0.15) is 0 Å². The Kier molecular flexibility index (Phi) is 0.773. The Morgan fingerprint density at radius 1 is 1.56 bits per heavy atom. The van der Waals surface area contributed by atoms with Crippen LogP contribution in [0.2, 0.25) is 0 Å². The third kappa shape index (κ3) is 0.579. The van der Waals surface area contributed by atoms with Gasteiger partial charge < -0.3 is 0 Å². The standard InChI is InChI=1S/C6H5N3/c1-2-5-6(7-3-1)4-8-9-5/h1-4,9H/q+1. The molecule has 43 valence electrons. The molecule has 0 aliphatic carbocycles. The van der Waals surface area contributed by atoms with Crippen LogP contribution in [0.25, 0.3) is 0 Å². The highest BCUT2D eigenvalue weighted by molar-refractivity contribution is 5.87. The van der Waals surface area contributed by atoms with Crippen LogP contribution in [0.3, 0.4) is 0 Å². The van der Waals surface area contributed by atoms with Crippen LogP contribution in [0.4, 0.5) is 5.69 Å². The number of pyridine rings is 1. The largest absolute Gasteiger partial charge is 0.302 e. The van der Waals surface area contributed by atoms with Crippen molar-refractivity contribution in [2.24, 2.45) is 0 Å². The maximum Gasteiger partial charge on any atom is 0.302 e. The van der Waals surface area contributed by atoms with Gasteiger partial charge in [0.05, 0.1) is 0 Å². The number of fused-ring (bicyclic) bond motifs is 1. The van der Waals surface area contributed by atoms with E-state index in [4.69, 9.17) is 0 Å². The maximum atomic E-state index is 4.05. The minimum Gasteiger partial charge on any atom is -0.248 e. The van der Waals surface area contributed by atoms with Gasteiger partial charge in [-0.1, -0.05) is 5.43 Å². The van der Waals surface area contributed by atoms with Gasteiger partial charge in [-0.3, -0.25) is 0 Å². The molecule has 0 saturated carbocycles. The van der Waals surface area contributed by atoms with Crippen LogP contribution in [-0.4, -0.2) is 11.2 Å². The van der Waals surface area contributed by atoms with Crippen LogP contribution in [0.1, 0.15) is 5.69 Å². The van der Waals surface area contributed by atoms with Gasteiger partial charge >= 0.3 is 6.21 Å². The first kappa shape index (κ1) is 4.49. The molecule has 3 heteroatoms. The highest BCUT2D eigenvalue weighted by atomic mass is 15.3. The van der Waals surface area contributed by atoms with Gasteiger partial charge in [-0.25, -0.2) is 4.98 Å². The van der Waals surface area contributed by atoms with E-state index in [1.165, 1.54) is 0 Å². The third-order valence-electron chi connectivity index (χ3n) is 1.21. The molecule has 3 nitrogen and oxygen atoms in total. The highest BCUT2D eigenvalue weighted by Crippen LogP contribution is 2.10. The molecule has 9 heavy (non-hydrogen) atoms. The predicted octanol–water partition coefficient (Wildman–Crippen LogP) is 0.177. The minimum atomic E-state index is 0.914. The Bertz CT molecular complexity index is 254. The normalized spacial score (nSPS) is 12.9. The number of hydrogen-bond acceptors (Lipinski definition) is 3. The molecule has 0 saturated heterocycles. The van der Waals surface area contributed by atoms with Crippen molar-refractivity contribution in [3.8, 4) is 0 Å². The SMILES string of the molecule is C1=[N+]Nc2cccnc21. The van der Waals surface area contributed by atoms with Gasteiger partial charge in [0.15, 0.2) is 10.8 Å². The van der Waals surface area contributed by atoms with Crippen molar-refractivity contribution < 1.29 is 0 Å². The molecule has 1 aromatic heterocycles. The van der Waals surface area contributed by atoms with Crippen molar-refractivity contribution in [2.45, 2.75) is 0 Å². The summed E-state index contributed by atoms with van der Waals surface area (Å²) < 4.78 is 0. The summed E-state index contributed by atoms with van der Waals surface area (Å²) in [7, 11) is 0. The summed E-state index contributed by atoms with van der Waals surface area (Å²) in [5, 5.41) is 3.81. The van der Waals surface area contributed by atoms with Crippen molar-refractivity contribution in [1.29, 1.82) is 0 Å². The second-order valence-corrected chi connectivity index (χ2v) is 1.81.